The number of carbonyl (C=O) groups is 1. The van der Waals surface area contributed by atoms with E-state index in [1.165, 1.54) is 7.11 Å². The van der Waals surface area contributed by atoms with Crippen molar-refractivity contribution in [2.24, 2.45) is 0 Å². The fraction of sp³-hybridized carbons (Fsp3) is 0.154. The summed E-state index contributed by atoms with van der Waals surface area (Å²) in [5.41, 5.74) is 1.27. The smallest absolute Gasteiger partial charge is 0.339 e. The van der Waals surface area contributed by atoms with Gasteiger partial charge in [-0.2, -0.15) is 0 Å². The molecule has 3 heteroatoms. The maximum absolute atomic E-state index is 11.0. The zero-order valence-corrected chi connectivity index (χ0v) is 9.15. The van der Waals surface area contributed by atoms with Gasteiger partial charge in [0.05, 0.1) is 7.11 Å². The molecule has 2 rings (SSSR count). The molecule has 2 aromatic carbocycles. The Bertz CT molecular complexity index is 558. The van der Waals surface area contributed by atoms with Gasteiger partial charge >= 0.3 is 5.97 Å². The van der Waals surface area contributed by atoms with Gasteiger partial charge in [-0.05, 0) is 24.4 Å². The molecule has 0 saturated carbocycles. The number of hydrogen-bond acceptors (Lipinski definition) is 2. The van der Waals surface area contributed by atoms with Gasteiger partial charge in [-0.3, -0.25) is 0 Å². The zero-order chi connectivity index (χ0) is 11.7. The summed E-state index contributed by atoms with van der Waals surface area (Å²) in [6, 6.07) is 9.24. The fourth-order valence-electron chi connectivity index (χ4n) is 1.79. The van der Waals surface area contributed by atoms with Crippen LogP contribution in [0.1, 0.15) is 15.9 Å². The molecule has 0 aliphatic carbocycles. The number of benzene rings is 2. The summed E-state index contributed by atoms with van der Waals surface area (Å²) in [7, 11) is 1.49. The highest BCUT2D eigenvalue weighted by Gasteiger charge is 2.13. The number of rotatable bonds is 2. The highest BCUT2D eigenvalue weighted by Crippen LogP contribution is 2.30. The molecule has 0 unspecified atom stereocenters. The number of fused-ring (bicyclic) bond motifs is 1. The maximum atomic E-state index is 11.0. The van der Waals surface area contributed by atoms with Crippen LogP contribution in [0.3, 0.4) is 0 Å². The van der Waals surface area contributed by atoms with E-state index in [9.17, 15) is 4.79 Å². The molecule has 0 saturated heterocycles. The molecule has 0 amide bonds. The van der Waals surface area contributed by atoms with Crippen molar-refractivity contribution < 1.29 is 14.6 Å². The van der Waals surface area contributed by atoms with E-state index in [4.69, 9.17) is 9.84 Å². The molecule has 16 heavy (non-hydrogen) atoms. The number of carboxylic acids is 1. The topological polar surface area (TPSA) is 46.5 Å². The molecule has 0 spiro atoms. The van der Waals surface area contributed by atoms with Crippen LogP contribution in [0, 0.1) is 6.92 Å². The van der Waals surface area contributed by atoms with Crippen molar-refractivity contribution in [2.75, 3.05) is 7.11 Å². The Hall–Kier alpha value is -2.03. The van der Waals surface area contributed by atoms with E-state index < -0.39 is 5.97 Å². The lowest BCUT2D eigenvalue weighted by molar-refractivity contribution is 0.0693. The Kier molecular flexibility index (Phi) is 2.52. The first kappa shape index (κ1) is 10.5. The molecular formula is C13H12O3. The molecule has 3 nitrogen and oxygen atoms in total. The summed E-state index contributed by atoms with van der Waals surface area (Å²) in [5.74, 6) is -0.547. The largest absolute Gasteiger partial charge is 0.495 e. The minimum absolute atomic E-state index is 0.195. The molecular weight excluding hydrogens is 204 g/mol. The average Bonchev–Trinajstić information content (AvgIpc) is 2.27. The summed E-state index contributed by atoms with van der Waals surface area (Å²) in [6.07, 6.45) is 0. The Labute approximate surface area is 93.3 Å². The summed E-state index contributed by atoms with van der Waals surface area (Å²) in [6.45, 7) is 1.96. The Morgan fingerprint density at radius 3 is 2.56 bits per heavy atom. The zero-order valence-electron chi connectivity index (χ0n) is 9.15. The van der Waals surface area contributed by atoms with Crippen LogP contribution < -0.4 is 4.74 Å². The van der Waals surface area contributed by atoms with Crippen molar-refractivity contribution in [2.45, 2.75) is 6.92 Å². The van der Waals surface area contributed by atoms with Gasteiger partial charge in [-0.15, -0.1) is 0 Å². The van der Waals surface area contributed by atoms with Crippen molar-refractivity contribution in [1.82, 2.24) is 0 Å². The first-order chi connectivity index (χ1) is 7.63. The van der Waals surface area contributed by atoms with Crippen LogP contribution in [-0.2, 0) is 0 Å². The quantitative estimate of drug-likeness (QED) is 0.839. The predicted molar refractivity (Wildman–Crippen MR) is 62.2 cm³/mol. The highest BCUT2D eigenvalue weighted by atomic mass is 16.5. The van der Waals surface area contributed by atoms with Crippen LogP contribution in [0.2, 0.25) is 0 Å². The highest BCUT2D eigenvalue weighted by molar-refractivity contribution is 6.00. The lowest BCUT2D eigenvalue weighted by Crippen LogP contribution is -2.00. The van der Waals surface area contributed by atoms with Crippen molar-refractivity contribution in [3.05, 3.63) is 41.5 Å². The third-order valence-corrected chi connectivity index (χ3v) is 2.56. The number of hydrogen-bond donors (Lipinski definition) is 1. The summed E-state index contributed by atoms with van der Waals surface area (Å²) in [5, 5.41) is 10.9. The molecule has 0 heterocycles. The average molecular weight is 216 g/mol. The minimum atomic E-state index is -0.972. The van der Waals surface area contributed by atoms with Crippen LogP contribution in [0.25, 0.3) is 10.8 Å². The van der Waals surface area contributed by atoms with Crippen molar-refractivity contribution in [3.63, 3.8) is 0 Å². The van der Waals surface area contributed by atoms with Gasteiger partial charge in [0.25, 0.3) is 0 Å². The van der Waals surface area contributed by atoms with Gasteiger partial charge < -0.3 is 9.84 Å². The molecule has 0 aromatic heterocycles. The number of methoxy groups -OCH3 is 1. The summed E-state index contributed by atoms with van der Waals surface area (Å²) < 4.78 is 5.19. The van der Waals surface area contributed by atoms with Crippen molar-refractivity contribution in [1.29, 1.82) is 0 Å². The number of aryl methyl sites for hydroxylation is 1. The Morgan fingerprint density at radius 1 is 1.25 bits per heavy atom. The second-order valence-corrected chi connectivity index (χ2v) is 3.68. The molecule has 82 valence electrons. The van der Waals surface area contributed by atoms with Crippen LogP contribution in [0.5, 0.6) is 5.75 Å². The molecule has 0 fully saturated rings. The van der Waals surface area contributed by atoms with Crippen LogP contribution in [0.4, 0.5) is 0 Å². The first-order valence-electron chi connectivity index (χ1n) is 4.94. The van der Waals surface area contributed by atoms with Crippen LogP contribution in [-0.4, -0.2) is 18.2 Å². The normalized spacial score (nSPS) is 10.4. The molecule has 0 bridgehead atoms. The lowest BCUT2D eigenvalue weighted by Gasteiger charge is -2.09. The van der Waals surface area contributed by atoms with E-state index in [0.717, 1.165) is 16.3 Å². The van der Waals surface area contributed by atoms with Gasteiger partial charge in [0, 0.05) is 5.39 Å². The van der Waals surface area contributed by atoms with Crippen molar-refractivity contribution >= 4 is 16.7 Å². The van der Waals surface area contributed by atoms with E-state index in [1.54, 1.807) is 12.1 Å². The Balaban J connectivity index is 2.83. The van der Waals surface area contributed by atoms with E-state index >= 15 is 0 Å². The third-order valence-electron chi connectivity index (χ3n) is 2.56. The predicted octanol–water partition coefficient (Wildman–Crippen LogP) is 2.86. The second kappa shape index (κ2) is 3.85. The molecule has 0 atom stereocenters. The van der Waals surface area contributed by atoms with E-state index in [-0.39, 0.29) is 5.56 Å². The summed E-state index contributed by atoms with van der Waals surface area (Å²) in [4.78, 5) is 11.0. The molecule has 0 aliphatic rings. The van der Waals surface area contributed by atoms with Gasteiger partial charge in [0.1, 0.15) is 11.3 Å². The Morgan fingerprint density at radius 2 is 1.94 bits per heavy atom. The van der Waals surface area contributed by atoms with E-state index in [1.807, 2.05) is 25.1 Å². The van der Waals surface area contributed by atoms with E-state index in [0.29, 0.717) is 5.75 Å². The molecule has 1 N–H and O–H groups in total. The van der Waals surface area contributed by atoms with Gasteiger partial charge in [-0.25, -0.2) is 4.79 Å². The fourth-order valence-corrected chi connectivity index (χ4v) is 1.79. The third kappa shape index (κ3) is 1.60. The first-order valence-corrected chi connectivity index (χ1v) is 4.94. The van der Waals surface area contributed by atoms with Crippen molar-refractivity contribution in [3.8, 4) is 5.75 Å². The van der Waals surface area contributed by atoms with E-state index in [2.05, 4.69) is 0 Å². The lowest BCUT2D eigenvalue weighted by atomic mass is 10.0. The van der Waals surface area contributed by atoms with Gasteiger partial charge in [0.2, 0.25) is 0 Å². The van der Waals surface area contributed by atoms with Gasteiger partial charge in [-0.1, -0.05) is 23.8 Å². The van der Waals surface area contributed by atoms with Crippen LogP contribution >= 0.6 is 0 Å². The van der Waals surface area contributed by atoms with Gasteiger partial charge in [0.15, 0.2) is 0 Å². The number of carboxylic acid groups (broad SMARTS) is 1. The standard InChI is InChI=1S/C13H12O3/c1-8-3-4-9-5-6-10(13(14)15)12(16-2)11(9)7-8/h3-7H,1-2H3,(H,14,15). The molecule has 0 aliphatic heterocycles. The summed E-state index contributed by atoms with van der Waals surface area (Å²) >= 11 is 0. The second-order valence-electron chi connectivity index (χ2n) is 3.68. The maximum Gasteiger partial charge on any atom is 0.339 e. The van der Waals surface area contributed by atoms with Crippen LogP contribution in [0.15, 0.2) is 30.3 Å². The number of aromatic carboxylic acids is 1. The molecule has 2 aromatic rings. The monoisotopic (exact) mass is 216 g/mol. The SMILES string of the molecule is COc1c(C(=O)O)ccc2ccc(C)cc12. The number of ether oxygens (including phenoxy) is 1. The minimum Gasteiger partial charge on any atom is -0.495 e. The molecule has 0 radical (unpaired) electrons.